The van der Waals surface area contributed by atoms with Crippen molar-refractivity contribution >= 4 is 11.9 Å². The van der Waals surface area contributed by atoms with E-state index in [1.807, 2.05) is 0 Å². The Bertz CT molecular complexity index is 273. The number of aliphatic hydroxyl groups excluding tert-OH is 2. The lowest BCUT2D eigenvalue weighted by atomic mass is 10.1. The molecule has 0 aromatic rings. The van der Waals surface area contributed by atoms with Crippen LogP contribution in [0.3, 0.4) is 0 Å². The Morgan fingerprint density at radius 2 is 0.846 bits per heavy atom. The van der Waals surface area contributed by atoms with E-state index < -0.39 is 11.9 Å². The Hall–Kier alpha value is -1.40. The van der Waals surface area contributed by atoms with Crippen molar-refractivity contribution in [3.63, 3.8) is 0 Å². The van der Waals surface area contributed by atoms with Crippen LogP contribution in [0, 0.1) is 0 Å². The molecule has 0 saturated heterocycles. The molecule has 0 saturated carbocycles. The van der Waals surface area contributed by atoms with Crippen LogP contribution in [0.25, 0.3) is 0 Å². The van der Waals surface area contributed by atoms with Gasteiger partial charge in [0.15, 0.2) is 0 Å². The largest absolute Gasteiger partial charge is 0.478 e. The minimum Gasteiger partial charge on any atom is -0.478 e. The van der Waals surface area contributed by atoms with Crippen LogP contribution in [0.2, 0.25) is 0 Å². The maximum atomic E-state index is 9.55. The SMILES string of the molecule is CCCCCCCCO.CCCCCCCCO.O=C(O)/C=C\C(=O)O. The first kappa shape index (κ1) is 29.4. The lowest BCUT2D eigenvalue weighted by Gasteiger charge is -1.95. The molecule has 4 N–H and O–H groups in total. The maximum absolute atomic E-state index is 9.55. The number of carboxylic acid groups (broad SMARTS) is 2. The Kier molecular flexibility index (Phi) is 32.1. The Balaban J connectivity index is -0.000000306. The molecule has 0 amide bonds. The lowest BCUT2D eigenvalue weighted by Crippen LogP contribution is -1.91. The number of aliphatic hydroxyl groups is 2. The molecule has 0 rings (SSSR count). The molecule has 0 aromatic heterocycles. The van der Waals surface area contributed by atoms with Crippen LogP contribution in [-0.4, -0.2) is 45.6 Å². The number of unbranched alkanes of at least 4 members (excludes halogenated alkanes) is 10. The molecule has 156 valence electrons. The van der Waals surface area contributed by atoms with Crippen molar-refractivity contribution in [1.29, 1.82) is 0 Å². The van der Waals surface area contributed by atoms with Crippen LogP contribution in [0.15, 0.2) is 12.2 Å². The highest BCUT2D eigenvalue weighted by atomic mass is 16.4. The van der Waals surface area contributed by atoms with Gasteiger partial charge in [0.1, 0.15) is 0 Å². The minimum absolute atomic E-state index is 0.367. The zero-order valence-corrected chi connectivity index (χ0v) is 16.7. The molecule has 0 aliphatic rings. The molecule has 0 spiro atoms. The smallest absolute Gasteiger partial charge is 0.328 e. The normalized spacial score (nSPS) is 9.85. The standard InChI is InChI=1S/2C8H18O.C4H4O4/c2*1-2-3-4-5-6-7-8-9;5-3(6)1-2-4(7)8/h2*9H,2-8H2,1H3;1-2H,(H,5,6)(H,7,8)/b;;2-1-. The molecule has 0 aliphatic carbocycles. The second-order valence-corrected chi connectivity index (χ2v) is 5.99. The molecular weight excluding hydrogens is 336 g/mol. The zero-order valence-electron chi connectivity index (χ0n) is 16.7. The minimum atomic E-state index is -1.26. The molecule has 0 aromatic carbocycles. The van der Waals surface area contributed by atoms with Gasteiger partial charge in [0.05, 0.1) is 0 Å². The van der Waals surface area contributed by atoms with Crippen molar-refractivity contribution in [3.8, 4) is 0 Å². The molecule has 0 aliphatic heterocycles. The summed E-state index contributed by atoms with van der Waals surface area (Å²) in [6.45, 7) is 5.16. The Morgan fingerprint density at radius 3 is 1.08 bits per heavy atom. The summed E-state index contributed by atoms with van der Waals surface area (Å²) in [4.78, 5) is 19.1. The average Bonchev–Trinajstić information content (AvgIpc) is 2.61. The van der Waals surface area contributed by atoms with E-state index in [1.54, 1.807) is 0 Å². The summed E-state index contributed by atoms with van der Waals surface area (Å²) in [5.41, 5.74) is 0. The van der Waals surface area contributed by atoms with E-state index in [2.05, 4.69) is 13.8 Å². The summed E-state index contributed by atoms with van der Waals surface area (Å²) in [7, 11) is 0. The van der Waals surface area contributed by atoms with Gasteiger partial charge in [-0.2, -0.15) is 0 Å². The van der Waals surface area contributed by atoms with E-state index in [4.69, 9.17) is 20.4 Å². The van der Waals surface area contributed by atoms with Gasteiger partial charge in [-0.15, -0.1) is 0 Å². The summed E-state index contributed by atoms with van der Waals surface area (Å²) < 4.78 is 0. The van der Waals surface area contributed by atoms with Crippen molar-refractivity contribution in [3.05, 3.63) is 12.2 Å². The molecule has 0 radical (unpaired) electrons. The highest BCUT2D eigenvalue weighted by molar-refractivity contribution is 5.89. The number of aliphatic carboxylic acids is 2. The molecule has 26 heavy (non-hydrogen) atoms. The summed E-state index contributed by atoms with van der Waals surface area (Å²) in [6, 6.07) is 0. The number of hydrogen-bond acceptors (Lipinski definition) is 4. The first-order valence-corrected chi connectivity index (χ1v) is 9.81. The van der Waals surface area contributed by atoms with Crippen molar-refractivity contribution in [2.75, 3.05) is 13.2 Å². The molecule has 0 bridgehead atoms. The zero-order chi connectivity index (χ0) is 20.5. The van der Waals surface area contributed by atoms with Gasteiger partial charge in [0.2, 0.25) is 0 Å². The van der Waals surface area contributed by atoms with E-state index in [0.29, 0.717) is 25.4 Å². The fourth-order valence-corrected chi connectivity index (χ4v) is 1.93. The van der Waals surface area contributed by atoms with Gasteiger partial charge in [-0.1, -0.05) is 78.1 Å². The molecule has 0 unspecified atom stereocenters. The summed E-state index contributed by atoms with van der Waals surface area (Å²) >= 11 is 0. The third-order valence-electron chi connectivity index (χ3n) is 3.39. The lowest BCUT2D eigenvalue weighted by molar-refractivity contribution is -0.134. The monoisotopic (exact) mass is 376 g/mol. The fourth-order valence-electron chi connectivity index (χ4n) is 1.93. The van der Waals surface area contributed by atoms with Gasteiger partial charge in [-0.3, -0.25) is 0 Å². The van der Waals surface area contributed by atoms with Gasteiger partial charge in [-0.25, -0.2) is 9.59 Å². The van der Waals surface area contributed by atoms with Crippen LogP contribution in [-0.2, 0) is 9.59 Å². The Morgan fingerprint density at radius 1 is 0.577 bits per heavy atom. The maximum Gasteiger partial charge on any atom is 0.328 e. The van der Waals surface area contributed by atoms with Crippen LogP contribution < -0.4 is 0 Å². The molecule has 6 nitrogen and oxygen atoms in total. The van der Waals surface area contributed by atoms with Crippen LogP contribution in [0.1, 0.15) is 90.9 Å². The predicted molar refractivity (Wildman–Crippen MR) is 105 cm³/mol. The summed E-state index contributed by atoms with van der Waals surface area (Å²) in [6.07, 6.45) is 16.1. The summed E-state index contributed by atoms with van der Waals surface area (Å²) in [5, 5.41) is 32.5. The molecule has 0 atom stereocenters. The van der Waals surface area contributed by atoms with Gasteiger partial charge in [0, 0.05) is 25.4 Å². The third kappa shape index (κ3) is 43.3. The molecule has 6 heteroatoms. The topological polar surface area (TPSA) is 115 Å². The van der Waals surface area contributed by atoms with Crippen molar-refractivity contribution in [2.24, 2.45) is 0 Å². The second-order valence-electron chi connectivity index (χ2n) is 5.99. The van der Waals surface area contributed by atoms with E-state index in [0.717, 1.165) is 12.8 Å². The fraction of sp³-hybridized carbons (Fsp3) is 0.800. The van der Waals surface area contributed by atoms with Gasteiger partial charge in [-0.05, 0) is 12.8 Å². The molecule has 0 fully saturated rings. The van der Waals surface area contributed by atoms with Gasteiger partial charge in [0.25, 0.3) is 0 Å². The highest BCUT2D eigenvalue weighted by Crippen LogP contribution is 2.04. The summed E-state index contributed by atoms with van der Waals surface area (Å²) in [5.74, 6) is -2.51. The van der Waals surface area contributed by atoms with Crippen molar-refractivity contribution in [2.45, 2.75) is 90.9 Å². The van der Waals surface area contributed by atoms with Gasteiger partial charge < -0.3 is 20.4 Å². The van der Waals surface area contributed by atoms with E-state index in [9.17, 15) is 9.59 Å². The van der Waals surface area contributed by atoms with Crippen LogP contribution in [0.5, 0.6) is 0 Å². The second kappa shape index (κ2) is 28.4. The first-order valence-electron chi connectivity index (χ1n) is 9.81. The number of carbonyl (C=O) groups is 2. The quantitative estimate of drug-likeness (QED) is 0.264. The third-order valence-corrected chi connectivity index (χ3v) is 3.39. The number of carboxylic acids is 2. The molecular formula is C20H40O6. The molecule has 0 heterocycles. The van der Waals surface area contributed by atoms with Crippen molar-refractivity contribution in [1.82, 2.24) is 0 Å². The van der Waals surface area contributed by atoms with E-state index in [-0.39, 0.29) is 0 Å². The van der Waals surface area contributed by atoms with Crippen LogP contribution >= 0.6 is 0 Å². The van der Waals surface area contributed by atoms with Gasteiger partial charge >= 0.3 is 11.9 Å². The van der Waals surface area contributed by atoms with E-state index in [1.165, 1.54) is 64.2 Å². The number of hydrogen-bond donors (Lipinski definition) is 4. The predicted octanol–water partition coefficient (Wildman–Crippen LogP) is 4.39. The highest BCUT2D eigenvalue weighted by Gasteiger charge is 1.88. The number of rotatable bonds is 14. The Labute approximate surface area is 158 Å². The van der Waals surface area contributed by atoms with E-state index >= 15 is 0 Å². The van der Waals surface area contributed by atoms with Crippen molar-refractivity contribution < 1.29 is 30.0 Å². The van der Waals surface area contributed by atoms with Crippen LogP contribution in [0.4, 0.5) is 0 Å². The average molecular weight is 377 g/mol. The first-order chi connectivity index (χ1) is 12.5.